The summed E-state index contributed by atoms with van der Waals surface area (Å²) in [5.74, 6) is -0.414. The van der Waals surface area contributed by atoms with E-state index in [1.807, 2.05) is 26.0 Å². The Hall–Kier alpha value is -1.89. The molecule has 0 aliphatic carbocycles. The number of nitrogens with one attached hydrogen (secondary N) is 2. The molecule has 120 valence electrons. The van der Waals surface area contributed by atoms with Crippen molar-refractivity contribution in [2.24, 2.45) is 0 Å². The molecule has 5 heteroatoms. The van der Waals surface area contributed by atoms with Gasteiger partial charge in [-0.25, -0.2) is 0 Å². The molecule has 0 saturated heterocycles. The lowest BCUT2D eigenvalue weighted by Gasteiger charge is -2.14. The van der Waals surface area contributed by atoms with Crippen molar-refractivity contribution in [1.82, 2.24) is 5.32 Å². The molecule has 0 aromatic heterocycles. The van der Waals surface area contributed by atoms with Crippen molar-refractivity contribution in [2.75, 3.05) is 5.32 Å². The van der Waals surface area contributed by atoms with Crippen LogP contribution in [0.25, 0.3) is 0 Å². The molecule has 2 N–H and O–H groups in total. The van der Waals surface area contributed by atoms with E-state index in [2.05, 4.69) is 33.2 Å². The van der Waals surface area contributed by atoms with E-state index >= 15 is 0 Å². The quantitative estimate of drug-likeness (QED) is 0.714. The first-order chi connectivity index (χ1) is 11.0. The number of hydrogen-bond donors (Lipinski definition) is 2. The van der Waals surface area contributed by atoms with Crippen LogP contribution in [0.4, 0.5) is 5.69 Å². The summed E-state index contributed by atoms with van der Waals surface area (Å²) in [5, 5.41) is 5.73. The number of carbonyl (C=O) groups excluding carboxylic acids is 2. The maximum Gasteiger partial charge on any atom is 0.255 e. The van der Waals surface area contributed by atoms with Gasteiger partial charge in [-0.05, 0) is 72.3 Å². The molecule has 0 unspecified atom stereocenters. The molecule has 2 rings (SSSR count). The first-order valence-corrected chi connectivity index (χ1v) is 8.56. The van der Waals surface area contributed by atoms with Crippen molar-refractivity contribution in [3.05, 3.63) is 63.2 Å². The average Bonchev–Trinajstić information content (AvgIpc) is 2.55. The Labute approximate surface area is 149 Å². The summed E-state index contributed by atoms with van der Waals surface area (Å²) in [6.07, 6.45) is 0.850. The van der Waals surface area contributed by atoms with E-state index in [0.717, 1.165) is 9.99 Å². The maximum absolute atomic E-state index is 12.3. The Kier molecular flexibility index (Phi) is 6.15. The molecule has 4 nitrogen and oxygen atoms in total. The Bertz CT molecular complexity index is 698. The van der Waals surface area contributed by atoms with Gasteiger partial charge in [-0.2, -0.15) is 0 Å². The summed E-state index contributed by atoms with van der Waals surface area (Å²) in [6, 6.07) is 14.4. The van der Waals surface area contributed by atoms with Crippen LogP contribution in [-0.2, 0) is 0 Å². The second-order valence-corrected chi connectivity index (χ2v) is 6.53. The lowest BCUT2D eigenvalue weighted by molar-refractivity contribution is 0.0940. The van der Waals surface area contributed by atoms with Crippen LogP contribution in [0.15, 0.2) is 48.5 Å². The standard InChI is InChI=1S/C18H19IN2O2/c1-3-12(2)20-18(23)15-6-4-5-7-16(15)21-17(22)13-8-10-14(19)11-9-13/h4-12H,3H2,1-2H3,(H,20,23)(H,21,22)/t12-/m0/s1. The van der Waals surface area contributed by atoms with Crippen LogP contribution in [0.3, 0.4) is 0 Å². The number of benzene rings is 2. The predicted molar refractivity (Wildman–Crippen MR) is 101 cm³/mol. The zero-order valence-electron chi connectivity index (χ0n) is 13.1. The van der Waals surface area contributed by atoms with Gasteiger partial charge in [0.25, 0.3) is 11.8 Å². The molecular weight excluding hydrogens is 403 g/mol. The summed E-state index contributed by atoms with van der Waals surface area (Å²) in [7, 11) is 0. The Morgan fingerprint density at radius 2 is 1.70 bits per heavy atom. The largest absolute Gasteiger partial charge is 0.350 e. The molecule has 1 atom stereocenters. The van der Waals surface area contributed by atoms with Gasteiger partial charge in [0.15, 0.2) is 0 Å². The van der Waals surface area contributed by atoms with Crippen LogP contribution in [0.1, 0.15) is 41.0 Å². The van der Waals surface area contributed by atoms with E-state index < -0.39 is 0 Å². The molecule has 2 aromatic rings. The molecule has 0 spiro atoms. The van der Waals surface area contributed by atoms with Crippen LogP contribution in [0, 0.1) is 3.57 Å². The van der Waals surface area contributed by atoms with Crippen molar-refractivity contribution < 1.29 is 9.59 Å². The number of rotatable bonds is 5. The topological polar surface area (TPSA) is 58.2 Å². The van der Waals surface area contributed by atoms with Gasteiger partial charge >= 0.3 is 0 Å². The minimum absolute atomic E-state index is 0.0856. The van der Waals surface area contributed by atoms with Gasteiger partial charge in [-0.15, -0.1) is 0 Å². The van der Waals surface area contributed by atoms with Crippen molar-refractivity contribution in [1.29, 1.82) is 0 Å². The third-order valence-corrected chi connectivity index (χ3v) is 4.24. The van der Waals surface area contributed by atoms with Crippen LogP contribution in [0.2, 0.25) is 0 Å². The molecule has 0 radical (unpaired) electrons. The minimum atomic E-state index is -0.231. The average molecular weight is 422 g/mol. The SMILES string of the molecule is CC[C@H](C)NC(=O)c1ccccc1NC(=O)c1ccc(I)cc1. The minimum Gasteiger partial charge on any atom is -0.350 e. The van der Waals surface area contributed by atoms with Crippen molar-refractivity contribution in [3.63, 3.8) is 0 Å². The fourth-order valence-corrected chi connectivity index (χ4v) is 2.35. The maximum atomic E-state index is 12.3. The molecule has 0 saturated carbocycles. The first-order valence-electron chi connectivity index (χ1n) is 7.48. The van der Waals surface area contributed by atoms with E-state index in [-0.39, 0.29) is 17.9 Å². The summed E-state index contributed by atoms with van der Waals surface area (Å²) in [5.41, 5.74) is 1.53. The highest BCUT2D eigenvalue weighted by atomic mass is 127. The Morgan fingerprint density at radius 3 is 2.35 bits per heavy atom. The van der Waals surface area contributed by atoms with E-state index in [9.17, 15) is 9.59 Å². The second-order valence-electron chi connectivity index (χ2n) is 5.29. The predicted octanol–water partition coefficient (Wildman–Crippen LogP) is 4.07. The molecule has 0 heterocycles. The highest BCUT2D eigenvalue weighted by Crippen LogP contribution is 2.17. The first kappa shape index (κ1) is 17.5. The van der Waals surface area contributed by atoms with Gasteiger partial charge in [-0.1, -0.05) is 19.1 Å². The van der Waals surface area contributed by atoms with Gasteiger partial charge < -0.3 is 10.6 Å². The highest BCUT2D eigenvalue weighted by Gasteiger charge is 2.15. The number of anilines is 1. The van der Waals surface area contributed by atoms with Gasteiger partial charge in [0, 0.05) is 15.2 Å². The molecule has 0 aliphatic rings. The molecular formula is C18H19IN2O2. The smallest absolute Gasteiger partial charge is 0.255 e. The van der Waals surface area contributed by atoms with Gasteiger partial charge in [0.05, 0.1) is 11.3 Å². The number of carbonyl (C=O) groups is 2. The van der Waals surface area contributed by atoms with Crippen LogP contribution in [0.5, 0.6) is 0 Å². The molecule has 0 aliphatic heterocycles. The fraction of sp³-hybridized carbons (Fsp3) is 0.222. The normalized spacial score (nSPS) is 11.6. The molecule has 2 amide bonds. The zero-order valence-corrected chi connectivity index (χ0v) is 15.3. The monoisotopic (exact) mass is 422 g/mol. The van der Waals surface area contributed by atoms with Crippen LogP contribution >= 0.6 is 22.6 Å². The van der Waals surface area contributed by atoms with Gasteiger partial charge in [0.2, 0.25) is 0 Å². The molecule has 0 bridgehead atoms. The highest BCUT2D eigenvalue weighted by molar-refractivity contribution is 14.1. The third-order valence-electron chi connectivity index (χ3n) is 3.52. The van der Waals surface area contributed by atoms with Crippen molar-refractivity contribution in [2.45, 2.75) is 26.3 Å². The number of hydrogen-bond acceptors (Lipinski definition) is 2. The van der Waals surface area contributed by atoms with Gasteiger partial charge in [0.1, 0.15) is 0 Å². The molecule has 2 aromatic carbocycles. The lowest BCUT2D eigenvalue weighted by atomic mass is 10.1. The van der Waals surface area contributed by atoms with Crippen molar-refractivity contribution in [3.8, 4) is 0 Å². The third kappa shape index (κ3) is 4.79. The van der Waals surface area contributed by atoms with E-state index in [0.29, 0.717) is 16.8 Å². The summed E-state index contributed by atoms with van der Waals surface area (Å²) < 4.78 is 1.06. The molecule has 0 fully saturated rings. The van der Waals surface area contributed by atoms with Gasteiger partial charge in [-0.3, -0.25) is 9.59 Å². The second kappa shape index (κ2) is 8.10. The number of halogens is 1. The van der Waals surface area contributed by atoms with Crippen LogP contribution in [-0.4, -0.2) is 17.9 Å². The zero-order chi connectivity index (χ0) is 16.8. The van der Waals surface area contributed by atoms with Crippen molar-refractivity contribution >= 4 is 40.1 Å². The number of para-hydroxylation sites is 1. The van der Waals surface area contributed by atoms with E-state index in [4.69, 9.17) is 0 Å². The summed E-state index contributed by atoms with van der Waals surface area (Å²) in [4.78, 5) is 24.7. The molecule has 23 heavy (non-hydrogen) atoms. The van der Waals surface area contributed by atoms with E-state index in [1.54, 1.807) is 36.4 Å². The fourth-order valence-electron chi connectivity index (χ4n) is 1.99. The summed E-state index contributed by atoms with van der Waals surface area (Å²) in [6.45, 7) is 3.96. The summed E-state index contributed by atoms with van der Waals surface area (Å²) >= 11 is 2.19. The Balaban J connectivity index is 2.18. The van der Waals surface area contributed by atoms with Crippen LogP contribution < -0.4 is 10.6 Å². The van der Waals surface area contributed by atoms with E-state index in [1.165, 1.54) is 0 Å². The lowest BCUT2D eigenvalue weighted by Crippen LogP contribution is -2.32. The number of amides is 2. The Morgan fingerprint density at radius 1 is 1.04 bits per heavy atom.